The Bertz CT molecular complexity index is 864. The summed E-state index contributed by atoms with van der Waals surface area (Å²) in [7, 11) is -8.74. The van der Waals surface area contributed by atoms with Crippen LogP contribution in [0.1, 0.15) is 0 Å². The van der Waals surface area contributed by atoms with Crippen molar-refractivity contribution >= 4 is 36.0 Å². The predicted octanol–water partition coefficient (Wildman–Crippen LogP) is 3.15. The van der Waals surface area contributed by atoms with Crippen molar-refractivity contribution in [3.63, 3.8) is 0 Å². The minimum Gasteiger partial charge on any atom is -0.207 e. The van der Waals surface area contributed by atoms with Crippen LogP contribution in [0.3, 0.4) is 0 Å². The van der Waals surface area contributed by atoms with E-state index in [-0.39, 0.29) is 9.79 Å². The molecule has 0 spiro atoms. The zero-order valence-electron chi connectivity index (χ0n) is 12.3. The van der Waals surface area contributed by atoms with Crippen LogP contribution in [0.5, 0.6) is 0 Å². The van der Waals surface area contributed by atoms with E-state index in [0.29, 0.717) is 8.18 Å². The van der Waals surface area contributed by atoms with Gasteiger partial charge in [-0.15, -0.1) is 6.58 Å². The number of halogens is 2. The molecule has 24 heavy (non-hydrogen) atoms. The molecule has 0 aliphatic heterocycles. The van der Waals surface area contributed by atoms with E-state index >= 15 is 0 Å². The van der Waals surface area contributed by atoms with E-state index in [4.69, 9.17) is 0 Å². The van der Waals surface area contributed by atoms with Gasteiger partial charge < -0.3 is 0 Å². The van der Waals surface area contributed by atoms with Crippen LogP contribution in [0.4, 0.5) is 4.39 Å². The molecule has 0 heterocycles. The number of sulfonamides is 2. The molecule has 2 aromatic rings. The van der Waals surface area contributed by atoms with Gasteiger partial charge in [-0.3, -0.25) is 0 Å². The topological polar surface area (TPSA) is 71.5 Å². The van der Waals surface area contributed by atoms with E-state index in [0.717, 1.165) is 30.3 Å². The highest BCUT2D eigenvalue weighted by atomic mass is 79.9. The first-order valence-electron chi connectivity index (χ1n) is 6.59. The molecule has 0 bridgehead atoms. The Morgan fingerprint density at radius 2 is 1.33 bits per heavy atom. The number of rotatable bonds is 6. The molecule has 0 N–H and O–H groups in total. The monoisotopic (exact) mass is 433 g/mol. The van der Waals surface area contributed by atoms with Gasteiger partial charge in [0.05, 0.1) is 9.79 Å². The van der Waals surface area contributed by atoms with Crippen molar-refractivity contribution in [3.8, 4) is 0 Å². The van der Waals surface area contributed by atoms with Crippen molar-refractivity contribution in [3.05, 3.63) is 71.5 Å². The quantitative estimate of drug-likeness (QED) is 0.655. The maximum absolute atomic E-state index is 13.0. The summed E-state index contributed by atoms with van der Waals surface area (Å²) in [4.78, 5) is -0.510. The molecule has 0 amide bonds. The summed E-state index contributed by atoms with van der Waals surface area (Å²) in [5.41, 5.74) is 0. The number of benzene rings is 2. The average Bonchev–Trinajstić information content (AvgIpc) is 2.53. The second-order valence-corrected chi connectivity index (χ2v) is 9.53. The lowest BCUT2D eigenvalue weighted by atomic mass is 10.4. The molecule has 0 aliphatic carbocycles. The summed E-state index contributed by atoms with van der Waals surface area (Å²) in [6.45, 7) is 2.96. The van der Waals surface area contributed by atoms with Crippen molar-refractivity contribution in [1.82, 2.24) is 3.71 Å². The third-order valence-electron chi connectivity index (χ3n) is 3.04. The molecule has 0 atom stereocenters. The van der Waals surface area contributed by atoms with Crippen LogP contribution in [-0.2, 0) is 20.0 Å². The molecule has 9 heteroatoms. The smallest absolute Gasteiger partial charge is 0.207 e. The highest BCUT2D eigenvalue weighted by Gasteiger charge is 2.35. The molecule has 0 saturated carbocycles. The van der Waals surface area contributed by atoms with Crippen LogP contribution < -0.4 is 0 Å². The molecular formula is C15H13BrFNO4S2. The van der Waals surface area contributed by atoms with Gasteiger partial charge in [0.15, 0.2) is 0 Å². The normalized spacial score (nSPS) is 12.3. The Balaban J connectivity index is 2.57. The number of nitrogens with zero attached hydrogens (tertiary/aromatic N) is 1. The maximum atomic E-state index is 13.0. The summed E-state index contributed by atoms with van der Waals surface area (Å²) in [5, 5.41) is 0. The van der Waals surface area contributed by atoms with Crippen molar-refractivity contribution in [2.24, 2.45) is 0 Å². The lowest BCUT2D eigenvalue weighted by molar-refractivity contribution is 0.513. The number of hydrogen-bond acceptors (Lipinski definition) is 4. The number of hydrogen-bond donors (Lipinski definition) is 0. The zero-order valence-corrected chi connectivity index (χ0v) is 15.5. The highest BCUT2D eigenvalue weighted by molar-refractivity contribution is 9.10. The first-order valence-corrected chi connectivity index (χ1v) is 10.3. The largest absolute Gasteiger partial charge is 0.256 e. The second-order valence-electron chi connectivity index (χ2n) is 4.66. The molecule has 5 nitrogen and oxygen atoms in total. The average molecular weight is 434 g/mol. The van der Waals surface area contributed by atoms with Crippen LogP contribution in [0.25, 0.3) is 0 Å². The summed E-state index contributed by atoms with van der Waals surface area (Å²) in [6.07, 6.45) is 1.16. The van der Waals surface area contributed by atoms with E-state index in [9.17, 15) is 21.2 Å². The SMILES string of the molecule is C=CCN(S(=O)(=O)c1ccc(F)cc1)S(=O)(=O)c1ccc(Br)cc1. The molecular weight excluding hydrogens is 421 g/mol. The molecule has 0 aromatic heterocycles. The Morgan fingerprint density at radius 1 is 0.917 bits per heavy atom. The first kappa shape index (κ1) is 18.8. The maximum Gasteiger partial charge on any atom is 0.256 e. The molecule has 0 radical (unpaired) electrons. The van der Waals surface area contributed by atoms with Gasteiger partial charge in [-0.05, 0) is 48.5 Å². The Morgan fingerprint density at radius 3 is 1.75 bits per heavy atom. The van der Waals surface area contributed by atoms with Gasteiger partial charge in [0.2, 0.25) is 0 Å². The van der Waals surface area contributed by atoms with Crippen LogP contribution in [0, 0.1) is 5.82 Å². The van der Waals surface area contributed by atoms with Crippen LogP contribution in [0.2, 0.25) is 0 Å². The minimum absolute atomic E-state index is 0.182. The van der Waals surface area contributed by atoms with Gasteiger partial charge in [0, 0.05) is 11.0 Å². The van der Waals surface area contributed by atoms with Gasteiger partial charge in [-0.1, -0.05) is 25.7 Å². The van der Waals surface area contributed by atoms with Crippen molar-refractivity contribution in [2.75, 3.05) is 6.54 Å². The molecule has 2 rings (SSSR count). The summed E-state index contributed by atoms with van der Waals surface area (Å²) in [6, 6.07) is 9.48. The standard InChI is InChI=1S/C15H13BrFNO4S2/c1-2-11-18(23(19,20)14-7-3-12(16)4-8-14)24(21,22)15-9-5-13(17)6-10-15/h2-10H,1,11H2. The van der Waals surface area contributed by atoms with E-state index < -0.39 is 32.4 Å². The van der Waals surface area contributed by atoms with Crippen molar-refractivity contribution in [2.45, 2.75) is 9.79 Å². The zero-order chi connectivity index (χ0) is 18.0. The van der Waals surface area contributed by atoms with Crippen LogP contribution in [-0.4, -0.2) is 27.1 Å². The fourth-order valence-corrected chi connectivity index (χ4v) is 5.73. The fourth-order valence-electron chi connectivity index (χ4n) is 1.88. The van der Waals surface area contributed by atoms with Crippen molar-refractivity contribution in [1.29, 1.82) is 0 Å². The van der Waals surface area contributed by atoms with E-state index in [2.05, 4.69) is 22.5 Å². The van der Waals surface area contributed by atoms with E-state index in [1.54, 1.807) is 0 Å². The van der Waals surface area contributed by atoms with Crippen LogP contribution in [0.15, 0.2) is 75.4 Å². The van der Waals surface area contributed by atoms with Gasteiger partial charge >= 0.3 is 0 Å². The predicted molar refractivity (Wildman–Crippen MR) is 91.8 cm³/mol. The van der Waals surface area contributed by atoms with Crippen molar-refractivity contribution < 1.29 is 21.2 Å². The lowest BCUT2D eigenvalue weighted by Gasteiger charge is -2.20. The molecule has 2 aromatic carbocycles. The van der Waals surface area contributed by atoms with Crippen LogP contribution >= 0.6 is 15.9 Å². The molecule has 0 saturated heterocycles. The Labute approximate surface area is 148 Å². The molecule has 128 valence electrons. The van der Waals surface area contributed by atoms with E-state index in [1.807, 2.05) is 0 Å². The first-order chi connectivity index (χ1) is 11.2. The molecule has 0 aliphatic rings. The summed E-state index contributed by atoms with van der Waals surface area (Å²) in [5.74, 6) is -0.625. The molecule has 0 unspecified atom stereocenters. The second kappa shape index (κ2) is 7.14. The Kier molecular flexibility index (Phi) is 5.59. The van der Waals surface area contributed by atoms with Gasteiger partial charge in [-0.25, -0.2) is 21.2 Å². The lowest BCUT2D eigenvalue weighted by Crippen LogP contribution is -2.37. The fraction of sp³-hybridized carbons (Fsp3) is 0.0667. The molecule has 0 fully saturated rings. The third kappa shape index (κ3) is 3.75. The van der Waals surface area contributed by atoms with Gasteiger partial charge in [0.1, 0.15) is 5.82 Å². The van der Waals surface area contributed by atoms with Gasteiger partial charge in [0.25, 0.3) is 20.0 Å². The van der Waals surface area contributed by atoms with Gasteiger partial charge in [-0.2, -0.15) is 0 Å². The third-order valence-corrected chi connectivity index (χ3v) is 7.85. The summed E-state index contributed by atoms with van der Waals surface area (Å²) < 4.78 is 64.8. The summed E-state index contributed by atoms with van der Waals surface area (Å²) >= 11 is 3.18. The van der Waals surface area contributed by atoms with E-state index in [1.165, 1.54) is 24.3 Å². The minimum atomic E-state index is -4.40. The highest BCUT2D eigenvalue weighted by Crippen LogP contribution is 2.25. The Hall–Kier alpha value is -1.55.